The average molecular weight is 217 g/mol. The number of pyridine rings is 1. The molecule has 0 bridgehead atoms. The van der Waals surface area contributed by atoms with Crippen LogP contribution in [0, 0.1) is 0 Å². The van der Waals surface area contributed by atoms with Crippen LogP contribution >= 0.6 is 0 Å². The summed E-state index contributed by atoms with van der Waals surface area (Å²) < 4.78 is 5.09. The molecule has 5 nitrogen and oxygen atoms in total. The van der Waals surface area contributed by atoms with Gasteiger partial charge in [0, 0.05) is 6.20 Å². The minimum Gasteiger partial charge on any atom is -0.467 e. The first-order chi connectivity index (χ1) is 7.77. The third-order valence-electron chi connectivity index (χ3n) is 2.10. The number of amides is 1. The molecule has 16 heavy (non-hydrogen) atoms. The van der Waals surface area contributed by atoms with E-state index < -0.39 is 0 Å². The summed E-state index contributed by atoms with van der Waals surface area (Å²) in [5.41, 5.74) is 6.40. The number of carbonyl (C=O) groups excluding carboxylic acids is 1. The summed E-state index contributed by atoms with van der Waals surface area (Å²) in [6.45, 7) is 0.341. The van der Waals surface area contributed by atoms with Crippen molar-refractivity contribution in [2.45, 2.75) is 6.54 Å². The first kappa shape index (κ1) is 10.2. The van der Waals surface area contributed by atoms with Gasteiger partial charge in [0.05, 0.1) is 30.3 Å². The molecule has 2 aromatic heterocycles. The lowest BCUT2D eigenvalue weighted by molar-refractivity contribution is 0.0949. The number of furan rings is 1. The van der Waals surface area contributed by atoms with Crippen molar-refractivity contribution in [1.29, 1.82) is 0 Å². The minimum absolute atomic E-state index is 0.240. The second-order valence-electron chi connectivity index (χ2n) is 3.22. The Morgan fingerprint density at radius 1 is 1.50 bits per heavy atom. The first-order valence-electron chi connectivity index (χ1n) is 4.77. The van der Waals surface area contributed by atoms with E-state index in [0.717, 1.165) is 0 Å². The van der Waals surface area contributed by atoms with Crippen molar-refractivity contribution < 1.29 is 9.21 Å². The van der Waals surface area contributed by atoms with E-state index in [2.05, 4.69) is 10.3 Å². The molecule has 2 rings (SSSR count). The predicted molar refractivity (Wildman–Crippen MR) is 58.5 cm³/mol. The number of nitrogens with one attached hydrogen (secondary N) is 1. The Labute approximate surface area is 92.3 Å². The summed E-state index contributed by atoms with van der Waals surface area (Å²) in [5.74, 6) is 0.456. The second-order valence-corrected chi connectivity index (χ2v) is 3.22. The molecule has 1 amide bonds. The Kier molecular flexibility index (Phi) is 2.86. The summed E-state index contributed by atoms with van der Waals surface area (Å²) in [6.07, 6.45) is 4.53. The Bertz CT molecular complexity index is 480. The van der Waals surface area contributed by atoms with E-state index in [4.69, 9.17) is 10.2 Å². The van der Waals surface area contributed by atoms with Gasteiger partial charge in [-0.15, -0.1) is 0 Å². The Hall–Kier alpha value is -2.30. The Morgan fingerprint density at radius 3 is 3.06 bits per heavy atom. The molecule has 0 aliphatic carbocycles. The van der Waals surface area contributed by atoms with Crippen LogP contribution in [0.3, 0.4) is 0 Å². The van der Waals surface area contributed by atoms with E-state index >= 15 is 0 Å². The Balaban J connectivity index is 2.01. The van der Waals surface area contributed by atoms with Gasteiger partial charge in [-0.3, -0.25) is 9.78 Å². The molecule has 0 aliphatic heterocycles. The number of hydrogen-bond acceptors (Lipinski definition) is 4. The number of carbonyl (C=O) groups is 1. The lowest BCUT2D eigenvalue weighted by atomic mass is 10.2. The van der Waals surface area contributed by atoms with E-state index in [-0.39, 0.29) is 5.91 Å². The van der Waals surface area contributed by atoms with Crippen LogP contribution in [0.1, 0.15) is 16.1 Å². The van der Waals surface area contributed by atoms with Crippen LogP contribution in [0.25, 0.3) is 0 Å². The molecule has 3 N–H and O–H groups in total. The fourth-order valence-corrected chi connectivity index (χ4v) is 1.29. The molecule has 0 aliphatic rings. The topological polar surface area (TPSA) is 81.1 Å². The van der Waals surface area contributed by atoms with Gasteiger partial charge in [-0.25, -0.2) is 0 Å². The van der Waals surface area contributed by atoms with Crippen molar-refractivity contribution >= 4 is 11.6 Å². The maximum atomic E-state index is 11.7. The van der Waals surface area contributed by atoms with Crippen molar-refractivity contribution in [3.05, 3.63) is 48.2 Å². The molecule has 0 aromatic carbocycles. The van der Waals surface area contributed by atoms with Gasteiger partial charge in [0.1, 0.15) is 5.76 Å². The van der Waals surface area contributed by atoms with E-state index in [1.165, 1.54) is 12.4 Å². The minimum atomic E-state index is -0.240. The number of nitrogens with two attached hydrogens (primary N) is 1. The number of anilines is 1. The summed E-state index contributed by atoms with van der Waals surface area (Å²) in [4.78, 5) is 15.5. The van der Waals surface area contributed by atoms with Crippen LogP contribution in [0.2, 0.25) is 0 Å². The number of hydrogen-bond donors (Lipinski definition) is 2. The van der Waals surface area contributed by atoms with Gasteiger partial charge >= 0.3 is 0 Å². The average Bonchev–Trinajstić information content (AvgIpc) is 2.79. The number of rotatable bonds is 3. The molecule has 0 atom stereocenters. The van der Waals surface area contributed by atoms with Crippen molar-refractivity contribution in [2.24, 2.45) is 0 Å². The summed E-state index contributed by atoms with van der Waals surface area (Å²) in [7, 11) is 0. The number of aromatic nitrogens is 1. The highest BCUT2D eigenvalue weighted by atomic mass is 16.3. The van der Waals surface area contributed by atoms with Gasteiger partial charge in [0.2, 0.25) is 0 Å². The van der Waals surface area contributed by atoms with Gasteiger partial charge in [-0.1, -0.05) is 0 Å². The lowest BCUT2D eigenvalue weighted by Gasteiger charge is -2.05. The molecular formula is C11H11N3O2. The number of nitrogen functional groups attached to an aromatic ring is 1. The highest BCUT2D eigenvalue weighted by Gasteiger charge is 2.08. The van der Waals surface area contributed by atoms with Crippen LogP contribution in [-0.2, 0) is 6.54 Å². The molecule has 0 spiro atoms. The van der Waals surface area contributed by atoms with Gasteiger partial charge in [0.25, 0.3) is 5.91 Å². The van der Waals surface area contributed by atoms with Crippen LogP contribution in [-0.4, -0.2) is 10.9 Å². The largest absolute Gasteiger partial charge is 0.467 e. The molecule has 0 saturated carbocycles. The quantitative estimate of drug-likeness (QED) is 0.809. The fourth-order valence-electron chi connectivity index (χ4n) is 1.29. The van der Waals surface area contributed by atoms with Crippen molar-refractivity contribution in [2.75, 3.05) is 5.73 Å². The maximum absolute atomic E-state index is 11.7. The zero-order valence-electron chi connectivity index (χ0n) is 8.51. The van der Waals surface area contributed by atoms with Crippen LogP contribution in [0.4, 0.5) is 5.69 Å². The molecule has 0 unspecified atom stereocenters. The fraction of sp³-hybridized carbons (Fsp3) is 0.0909. The van der Waals surface area contributed by atoms with E-state index in [1.807, 2.05) is 0 Å². The zero-order chi connectivity index (χ0) is 11.4. The standard InChI is InChI=1S/C11H11N3O2/c12-10-7-13-4-3-9(10)11(15)14-6-8-2-1-5-16-8/h1-5,7H,6,12H2,(H,14,15). The molecule has 0 fully saturated rings. The molecule has 0 saturated heterocycles. The summed E-state index contributed by atoms with van der Waals surface area (Å²) in [6, 6.07) is 5.13. The van der Waals surface area contributed by atoms with Crippen LogP contribution in [0.15, 0.2) is 41.3 Å². The SMILES string of the molecule is Nc1cnccc1C(=O)NCc1ccco1. The Morgan fingerprint density at radius 2 is 2.38 bits per heavy atom. The number of nitrogens with zero attached hydrogens (tertiary/aromatic N) is 1. The molecule has 5 heteroatoms. The van der Waals surface area contributed by atoms with Gasteiger partial charge < -0.3 is 15.5 Å². The normalized spacial score (nSPS) is 10.0. The molecule has 0 radical (unpaired) electrons. The monoisotopic (exact) mass is 217 g/mol. The maximum Gasteiger partial charge on any atom is 0.253 e. The van der Waals surface area contributed by atoms with Gasteiger partial charge in [0.15, 0.2) is 0 Å². The summed E-state index contributed by atoms with van der Waals surface area (Å²) in [5, 5.41) is 2.70. The van der Waals surface area contributed by atoms with E-state index in [0.29, 0.717) is 23.6 Å². The molecule has 2 aromatic rings. The van der Waals surface area contributed by atoms with Crippen molar-refractivity contribution in [3.8, 4) is 0 Å². The zero-order valence-corrected chi connectivity index (χ0v) is 8.51. The smallest absolute Gasteiger partial charge is 0.253 e. The highest BCUT2D eigenvalue weighted by Crippen LogP contribution is 2.08. The predicted octanol–water partition coefficient (Wildman–Crippen LogP) is 1.19. The van der Waals surface area contributed by atoms with Crippen LogP contribution in [0.5, 0.6) is 0 Å². The third-order valence-corrected chi connectivity index (χ3v) is 2.10. The van der Waals surface area contributed by atoms with Gasteiger partial charge in [-0.2, -0.15) is 0 Å². The molecular weight excluding hydrogens is 206 g/mol. The van der Waals surface area contributed by atoms with E-state index in [9.17, 15) is 4.79 Å². The van der Waals surface area contributed by atoms with Crippen molar-refractivity contribution in [1.82, 2.24) is 10.3 Å². The van der Waals surface area contributed by atoms with Crippen molar-refractivity contribution in [3.63, 3.8) is 0 Å². The second kappa shape index (κ2) is 4.48. The summed E-state index contributed by atoms with van der Waals surface area (Å²) >= 11 is 0. The first-order valence-corrected chi connectivity index (χ1v) is 4.77. The van der Waals surface area contributed by atoms with Crippen LogP contribution < -0.4 is 11.1 Å². The van der Waals surface area contributed by atoms with Gasteiger partial charge in [-0.05, 0) is 18.2 Å². The highest BCUT2D eigenvalue weighted by molar-refractivity contribution is 5.98. The van der Waals surface area contributed by atoms with E-state index in [1.54, 1.807) is 24.5 Å². The molecule has 82 valence electrons. The lowest BCUT2D eigenvalue weighted by Crippen LogP contribution is -2.23. The third kappa shape index (κ3) is 2.20. The molecule has 2 heterocycles.